The van der Waals surface area contributed by atoms with Gasteiger partial charge in [0.25, 0.3) is 0 Å². The first-order valence-electron chi connectivity index (χ1n) is 5.09. The molecule has 0 unspecified atom stereocenters. The van der Waals surface area contributed by atoms with E-state index in [1.165, 1.54) is 18.4 Å². The normalized spacial score (nSPS) is 11.7. The summed E-state index contributed by atoms with van der Waals surface area (Å²) in [6.45, 7) is 2.18. The molecule has 0 bridgehead atoms. The molecule has 4 nitrogen and oxygen atoms in total. The maximum atomic E-state index is 11.6. The lowest BCUT2D eigenvalue weighted by molar-refractivity contribution is 0.469. The molecule has 0 radical (unpaired) electrons. The molecule has 0 saturated carbocycles. The number of hydrogen-bond donors (Lipinski definition) is 2. The zero-order valence-electron chi connectivity index (χ0n) is 9.53. The molecule has 16 heavy (non-hydrogen) atoms. The van der Waals surface area contributed by atoms with Crippen molar-refractivity contribution in [2.75, 3.05) is 12.8 Å². The monoisotopic (exact) mass is 243 g/mol. The molecule has 0 aliphatic rings. The average molecular weight is 243 g/mol. The van der Waals surface area contributed by atoms with Gasteiger partial charge in [-0.15, -0.1) is 0 Å². The molecule has 0 aliphatic carbocycles. The van der Waals surface area contributed by atoms with Crippen molar-refractivity contribution in [3.8, 4) is 5.75 Å². The number of rotatable bonds is 4. The van der Waals surface area contributed by atoms with Gasteiger partial charge in [0, 0.05) is 6.26 Å². The molecule has 1 aromatic carbocycles. The Kier molecular flexibility index (Phi) is 3.93. The lowest BCUT2D eigenvalue weighted by atomic mass is 10.1. The summed E-state index contributed by atoms with van der Waals surface area (Å²) >= 11 is 0. The van der Waals surface area contributed by atoms with Crippen LogP contribution in [-0.4, -0.2) is 26.3 Å². The Morgan fingerprint density at radius 3 is 2.50 bits per heavy atom. The molecule has 0 aliphatic heterocycles. The van der Waals surface area contributed by atoms with Gasteiger partial charge in [0.05, 0.1) is 4.90 Å². The van der Waals surface area contributed by atoms with E-state index >= 15 is 0 Å². The van der Waals surface area contributed by atoms with Gasteiger partial charge in [0.15, 0.2) is 9.84 Å². The topological polar surface area (TPSA) is 80.4 Å². The zero-order chi connectivity index (χ0) is 12.3. The van der Waals surface area contributed by atoms with Gasteiger partial charge in [0.2, 0.25) is 0 Å². The van der Waals surface area contributed by atoms with Crippen LogP contribution in [0.4, 0.5) is 0 Å². The molecule has 5 heteroatoms. The van der Waals surface area contributed by atoms with Gasteiger partial charge in [-0.1, -0.05) is 0 Å². The summed E-state index contributed by atoms with van der Waals surface area (Å²) in [5, 5.41) is 9.56. The van der Waals surface area contributed by atoms with Gasteiger partial charge >= 0.3 is 0 Å². The van der Waals surface area contributed by atoms with E-state index in [2.05, 4.69) is 0 Å². The minimum Gasteiger partial charge on any atom is -0.508 e. The van der Waals surface area contributed by atoms with Gasteiger partial charge in [-0.2, -0.15) is 0 Å². The Morgan fingerprint density at radius 2 is 2.00 bits per heavy atom. The molecule has 0 spiro atoms. The third-order valence-corrected chi connectivity index (χ3v) is 3.61. The largest absolute Gasteiger partial charge is 0.508 e. The second-order valence-electron chi connectivity index (χ2n) is 3.91. The molecule has 0 saturated heterocycles. The Balaban J connectivity index is 3.28. The van der Waals surface area contributed by atoms with Crippen LogP contribution in [0.15, 0.2) is 17.0 Å². The fraction of sp³-hybridized carbons (Fsp3) is 0.455. The highest BCUT2D eigenvalue weighted by molar-refractivity contribution is 7.90. The Hall–Kier alpha value is -1.07. The molecule has 0 atom stereocenters. The number of hydrogen-bond acceptors (Lipinski definition) is 4. The highest BCUT2D eigenvalue weighted by Crippen LogP contribution is 2.26. The molecule has 0 fully saturated rings. The van der Waals surface area contributed by atoms with Gasteiger partial charge in [-0.05, 0) is 49.6 Å². The Labute approximate surface area is 96.0 Å². The molecule has 0 heterocycles. The number of benzene rings is 1. The average Bonchev–Trinajstić information content (AvgIpc) is 2.17. The molecular formula is C11H17NO3S. The summed E-state index contributed by atoms with van der Waals surface area (Å²) in [4.78, 5) is 0.288. The van der Waals surface area contributed by atoms with Crippen LogP contribution >= 0.6 is 0 Å². The van der Waals surface area contributed by atoms with Crippen LogP contribution in [-0.2, 0) is 16.3 Å². The van der Waals surface area contributed by atoms with E-state index in [1.807, 2.05) is 0 Å². The molecule has 3 N–H and O–H groups in total. The number of aryl methyl sites for hydroxylation is 2. The number of phenolic OH excluding ortho intramolecular Hbond substituents is 1. The van der Waals surface area contributed by atoms with Crippen LogP contribution in [0.1, 0.15) is 17.5 Å². The van der Waals surface area contributed by atoms with Crippen LogP contribution in [0.3, 0.4) is 0 Å². The van der Waals surface area contributed by atoms with E-state index in [4.69, 9.17) is 5.73 Å². The van der Waals surface area contributed by atoms with Crippen molar-refractivity contribution in [2.45, 2.75) is 24.7 Å². The first-order valence-corrected chi connectivity index (χ1v) is 6.98. The summed E-state index contributed by atoms with van der Waals surface area (Å²) in [6, 6.07) is 3.03. The van der Waals surface area contributed by atoms with Crippen molar-refractivity contribution in [2.24, 2.45) is 5.73 Å². The first-order chi connectivity index (χ1) is 7.36. The predicted octanol–water partition coefficient (Wildman–Crippen LogP) is 0.995. The molecule has 1 aromatic rings. The van der Waals surface area contributed by atoms with Gasteiger partial charge in [0.1, 0.15) is 5.75 Å². The Bertz CT molecular complexity index is 480. The summed E-state index contributed by atoms with van der Waals surface area (Å²) in [6.07, 6.45) is 2.43. The van der Waals surface area contributed by atoms with Crippen LogP contribution < -0.4 is 5.73 Å². The second kappa shape index (κ2) is 4.84. The van der Waals surface area contributed by atoms with Crippen molar-refractivity contribution in [1.29, 1.82) is 0 Å². The highest BCUT2D eigenvalue weighted by atomic mass is 32.2. The fourth-order valence-corrected chi connectivity index (χ4v) is 2.57. The number of phenols is 1. The van der Waals surface area contributed by atoms with Crippen molar-refractivity contribution in [3.63, 3.8) is 0 Å². The molecule has 0 amide bonds. The molecule has 0 aromatic heterocycles. The van der Waals surface area contributed by atoms with E-state index in [1.54, 1.807) is 6.92 Å². The third-order valence-electron chi connectivity index (χ3n) is 2.43. The first kappa shape index (κ1) is 13.0. The lowest BCUT2D eigenvalue weighted by Crippen LogP contribution is -2.06. The van der Waals surface area contributed by atoms with Crippen LogP contribution in [0, 0.1) is 6.92 Å². The van der Waals surface area contributed by atoms with E-state index in [9.17, 15) is 13.5 Å². The predicted molar refractivity (Wildman–Crippen MR) is 63.3 cm³/mol. The molecule has 1 rings (SSSR count). The number of nitrogens with two attached hydrogens (primary N) is 1. The van der Waals surface area contributed by atoms with Crippen LogP contribution in [0.5, 0.6) is 5.75 Å². The molecule has 90 valence electrons. The minimum absolute atomic E-state index is 0.124. The number of sulfone groups is 1. The quantitative estimate of drug-likeness (QED) is 0.826. The standard InChI is InChI=1S/C11H17NO3S/c1-8-6-11(16(2,14)15)9(4-3-5-12)7-10(8)13/h6-7,13H,3-5,12H2,1-2H3. The van der Waals surface area contributed by atoms with E-state index < -0.39 is 9.84 Å². The summed E-state index contributed by atoms with van der Waals surface area (Å²) in [7, 11) is -3.26. The lowest BCUT2D eigenvalue weighted by Gasteiger charge is -2.10. The van der Waals surface area contributed by atoms with Gasteiger partial charge in [-0.25, -0.2) is 8.42 Å². The smallest absolute Gasteiger partial charge is 0.175 e. The third kappa shape index (κ3) is 2.96. The Morgan fingerprint density at radius 1 is 1.38 bits per heavy atom. The van der Waals surface area contributed by atoms with Gasteiger partial charge < -0.3 is 10.8 Å². The minimum atomic E-state index is -3.26. The van der Waals surface area contributed by atoms with Gasteiger partial charge in [-0.3, -0.25) is 0 Å². The zero-order valence-corrected chi connectivity index (χ0v) is 10.3. The number of aromatic hydroxyl groups is 1. The van der Waals surface area contributed by atoms with Crippen molar-refractivity contribution in [1.82, 2.24) is 0 Å². The maximum Gasteiger partial charge on any atom is 0.175 e. The molecular weight excluding hydrogens is 226 g/mol. The van der Waals surface area contributed by atoms with E-state index in [0.717, 1.165) is 0 Å². The van der Waals surface area contributed by atoms with Crippen LogP contribution in [0.25, 0.3) is 0 Å². The fourth-order valence-electron chi connectivity index (χ4n) is 1.55. The second-order valence-corrected chi connectivity index (χ2v) is 5.89. The SMILES string of the molecule is Cc1cc(S(C)(=O)=O)c(CCCN)cc1O. The van der Waals surface area contributed by atoms with Crippen molar-refractivity contribution >= 4 is 9.84 Å². The van der Waals surface area contributed by atoms with E-state index in [0.29, 0.717) is 30.5 Å². The van der Waals surface area contributed by atoms with E-state index in [-0.39, 0.29) is 10.6 Å². The highest BCUT2D eigenvalue weighted by Gasteiger charge is 2.15. The summed E-state index contributed by atoms with van der Waals surface area (Å²) in [5.74, 6) is 0.124. The summed E-state index contributed by atoms with van der Waals surface area (Å²) < 4.78 is 23.1. The van der Waals surface area contributed by atoms with Crippen molar-refractivity contribution < 1.29 is 13.5 Å². The maximum absolute atomic E-state index is 11.6. The van der Waals surface area contributed by atoms with Crippen molar-refractivity contribution in [3.05, 3.63) is 23.3 Å². The van der Waals surface area contributed by atoms with Crippen LogP contribution in [0.2, 0.25) is 0 Å². The summed E-state index contributed by atoms with van der Waals surface area (Å²) in [5.41, 5.74) is 6.59.